The maximum atomic E-state index is 12.9. The van der Waals surface area contributed by atoms with Gasteiger partial charge in [0, 0.05) is 18.6 Å². The number of nitrogens with zero attached hydrogens (tertiary/aromatic N) is 1. The van der Waals surface area contributed by atoms with Crippen molar-refractivity contribution in [1.82, 2.24) is 10.2 Å². The van der Waals surface area contributed by atoms with Crippen molar-refractivity contribution in [2.75, 3.05) is 7.05 Å². The van der Waals surface area contributed by atoms with Crippen LogP contribution in [-0.4, -0.2) is 29.8 Å². The molecule has 0 spiro atoms. The highest BCUT2D eigenvalue weighted by Crippen LogP contribution is 2.23. The molecule has 0 bridgehead atoms. The summed E-state index contributed by atoms with van der Waals surface area (Å²) < 4.78 is 0. The van der Waals surface area contributed by atoms with E-state index in [-0.39, 0.29) is 24.8 Å². The van der Waals surface area contributed by atoms with Crippen LogP contribution < -0.4 is 5.32 Å². The molecule has 4 nitrogen and oxygen atoms in total. The largest absolute Gasteiger partial charge is 0.357 e. The molecular formula is C19H19Cl3N2O2. The lowest BCUT2D eigenvalue weighted by Crippen LogP contribution is -2.47. The average Bonchev–Trinajstić information content (AvgIpc) is 2.61. The van der Waals surface area contributed by atoms with Crippen molar-refractivity contribution in [3.63, 3.8) is 0 Å². The molecular weight excluding hydrogens is 395 g/mol. The van der Waals surface area contributed by atoms with Crippen molar-refractivity contribution in [3.8, 4) is 0 Å². The fourth-order valence-electron chi connectivity index (χ4n) is 2.55. The van der Waals surface area contributed by atoms with Crippen LogP contribution in [0.5, 0.6) is 0 Å². The van der Waals surface area contributed by atoms with Crippen LogP contribution in [0, 0.1) is 0 Å². The third kappa shape index (κ3) is 5.37. The van der Waals surface area contributed by atoms with Crippen LogP contribution in [0.3, 0.4) is 0 Å². The molecule has 0 aliphatic rings. The molecule has 138 valence electrons. The molecule has 1 N–H and O–H groups in total. The highest BCUT2D eigenvalue weighted by Gasteiger charge is 2.25. The third-order valence-electron chi connectivity index (χ3n) is 4.00. The quantitative estimate of drug-likeness (QED) is 0.765. The molecule has 7 heteroatoms. The first kappa shape index (κ1) is 20.6. The third-order valence-corrected chi connectivity index (χ3v) is 4.97. The molecule has 2 aromatic carbocycles. The van der Waals surface area contributed by atoms with Gasteiger partial charge in [0.2, 0.25) is 11.8 Å². The standard InChI is InChI=1S/C19H19Cl3N2O2/c1-12(19(26)23-2)24(11-14-4-3-5-15(20)8-14)18(25)10-13-6-7-16(21)17(22)9-13/h3-9,12H,10-11H2,1-2H3,(H,23,26). The number of hydrogen-bond acceptors (Lipinski definition) is 2. The fraction of sp³-hybridized carbons (Fsp3) is 0.263. The van der Waals surface area contributed by atoms with Crippen LogP contribution in [0.2, 0.25) is 15.1 Å². The Hall–Kier alpha value is -1.75. The molecule has 2 aromatic rings. The van der Waals surface area contributed by atoms with Crippen LogP contribution in [0.4, 0.5) is 0 Å². The lowest BCUT2D eigenvalue weighted by Gasteiger charge is -2.28. The topological polar surface area (TPSA) is 49.4 Å². The smallest absolute Gasteiger partial charge is 0.242 e. The van der Waals surface area contributed by atoms with Crippen LogP contribution >= 0.6 is 34.8 Å². The van der Waals surface area contributed by atoms with Gasteiger partial charge in [0.25, 0.3) is 0 Å². The number of carbonyl (C=O) groups excluding carboxylic acids is 2. The van der Waals surface area contributed by atoms with Gasteiger partial charge in [0.05, 0.1) is 16.5 Å². The molecule has 0 radical (unpaired) electrons. The van der Waals surface area contributed by atoms with Gasteiger partial charge in [-0.05, 0) is 42.3 Å². The molecule has 0 aliphatic heterocycles. The molecule has 0 aromatic heterocycles. The van der Waals surface area contributed by atoms with Gasteiger partial charge in [-0.25, -0.2) is 0 Å². The van der Waals surface area contributed by atoms with E-state index in [4.69, 9.17) is 34.8 Å². The van der Waals surface area contributed by atoms with Gasteiger partial charge < -0.3 is 10.2 Å². The van der Waals surface area contributed by atoms with E-state index < -0.39 is 6.04 Å². The number of likely N-dealkylation sites (N-methyl/N-ethyl adjacent to an activating group) is 1. The minimum Gasteiger partial charge on any atom is -0.357 e. The SMILES string of the molecule is CNC(=O)C(C)N(Cc1cccc(Cl)c1)C(=O)Cc1ccc(Cl)c(Cl)c1. The Morgan fingerprint density at radius 2 is 1.77 bits per heavy atom. The second kappa shape index (κ2) is 9.26. The van der Waals surface area contributed by atoms with Gasteiger partial charge in [-0.15, -0.1) is 0 Å². The Labute approximate surface area is 168 Å². The maximum absolute atomic E-state index is 12.9. The highest BCUT2D eigenvalue weighted by molar-refractivity contribution is 6.42. The molecule has 1 unspecified atom stereocenters. The Bertz CT molecular complexity index is 811. The number of nitrogens with one attached hydrogen (secondary N) is 1. The van der Waals surface area contributed by atoms with Gasteiger partial charge in [0.15, 0.2) is 0 Å². The number of carbonyl (C=O) groups is 2. The van der Waals surface area contributed by atoms with E-state index in [9.17, 15) is 9.59 Å². The normalized spacial score (nSPS) is 11.7. The molecule has 2 amide bonds. The van der Waals surface area contributed by atoms with Crippen molar-refractivity contribution in [2.45, 2.75) is 25.9 Å². The number of halogens is 3. The highest BCUT2D eigenvalue weighted by atomic mass is 35.5. The van der Waals surface area contributed by atoms with Gasteiger partial charge >= 0.3 is 0 Å². The summed E-state index contributed by atoms with van der Waals surface area (Å²) in [6.45, 7) is 1.96. The summed E-state index contributed by atoms with van der Waals surface area (Å²) in [6.07, 6.45) is 0.110. The van der Waals surface area contributed by atoms with Crippen molar-refractivity contribution in [2.24, 2.45) is 0 Å². The van der Waals surface area contributed by atoms with E-state index in [0.29, 0.717) is 15.1 Å². The second-order valence-corrected chi connectivity index (χ2v) is 7.12. The molecule has 0 aliphatic carbocycles. The molecule has 1 atom stereocenters. The molecule has 2 rings (SSSR count). The molecule has 0 heterocycles. The number of benzene rings is 2. The Kier molecular flexibility index (Phi) is 7.33. The zero-order valence-electron chi connectivity index (χ0n) is 14.4. The molecule has 0 saturated heterocycles. The average molecular weight is 414 g/mol. The molecule has 26 heavy (non-hydrogen) atoms. The summed E-state index contributed by atoms with van der Waals surface area (Å²) in [5, 5.41) is 3.97. The van der Waals surface area contributed by atoms with E-state index in [1.54, 1.807) is 44.3 Å². The number of rotatable bonds is 6. The van der Waals surface area contributed by atoms with Gasteiger partial charge in [0.1, 0.15) is 6.04 Å². The molecule has 0 fully saturated rings. The van der Waals surface area contributed by atoms with Crippen LogP contribution in [-0.2, 0) is 22.6 Å². The van der Waals surface area contributed by atoms with Crippen LogP contribution in [0.1, 0.15) is 18.1 Å². The van der Waals surface area contributed by atoms with Crippen molar-refractivity contribution in [1.29, 1.82) is 0 Å². The van der Waals surface area contributed by atoms with E-state index in [1.807, 2.05) is 12.1 Å². The van der Waals surface area contributed by atoms with Crippen LogP contribution in [0.15, 0.2) is 42.5 Å². The summed E-state index contributed by atoms with van der Waals surface area (Å²) in [7, 11) is 1.54. The second-order valence-electron chi connectivity index (χ2n) is 5.87. The number of hydrogen-bond donors (Lipinski definition) is 1. The van der Waals surface area contributed by atoms with Gasteiger partial charge in [-0.2, -0.15) is 0 Å². The molecule has 0 saturated carbocycles. The Balaban J connectivity index is 2.25. The summed E-state index contributed by atoms with van der Waals surface area (Å²) in [5.74, 6) is -0.436. The summed E-state index contributed by atoms with van der Waals surface area (Å²) in [6, 6.07) is 11.6. The zero-order chi connectivity index (χ0) is 19.3. The minimum absolute atomic E-state index is 0.110. The van der Waals surface area contributed by atoms with Crippen molar-refractivity contribution < 1.29 is 9.59 Å². The first-order chi connectivity index (χ1) is 12.3. The Morgan fingerprint density at radius 3 is 2.38 bits per heavy atom. The van der Waals surface area contributed by atoms with E-state index >= 15 is 0 Å². The van der Waals surface area contributed by atoms with Crippen molar-refractivity contribution in [3.05, 3.63) is 68.7 Å². The fourth-order valence-corrected chi connectivity index (χ4v) is 3.08. The monoisotopic (exact) mass is 412 g/mol. The Morgan fingerprint density at radius 1 is 1.04 bits per heavy atom. The number of amides is 2. The van der Waals surface area contributed by atoms with Gasteiger partial charge in [-0.1, -0.05) is 53.0 Å². The van der Waals surface area contributed by atoms with E-state index in [1.165, 1.54) is 4.90 Å². The first-order valence-electron chi connectivity index (χ1n) is 8.01. The predicted molar refractivity (Wildman–Crippen MR) is 106 cm³/mol. The lowest BCUT2D eigenvalue weighted by molar-refractivity contribution is -0.139. The van der Waals surface area contributed by atoms with Crippen molar-refractivity contribution >= 4 is 46.6 Å². The summed E-state index contributed by atoms with van der Waals surface area (Å²) in [5.41, 5.74) is 1.57. The summed E-state index contributed by atoms with van der Waals surface area (Å²) in [4.78, 5) is 26.5. The van der Waals surface area contributed by atoms with E-state index in [2.05, 4.69) is 5.32 Å². The maximum Gasteiger partial charge on any atom is 0.242 e. The summed E-state index contributed by atoms with van der Waals surface area (Å²) >= 11 is 18.0. The van der Waals surface area contributed by atoms with E-state index in [0.717, 1.165) is 11.1 Å². The first-order valence-corrected chi connectivity index (χ1v) is 9.14. The predicted octanol–water partition coefficient (Wildman–Crippen LogP) is 4.35. The zero-order valence-corrected chi connectivity index (χ0v) is 16.7. The minimum atomic E-state index is -0.630. The van der Waals surface area contributed by atoms with Gasteiger partial charge in [-0.3, -0.25) is 9.59 Å². The lowest BCUT2D eigenvalue weighted by atomic mass is 10.1. The van der Waals surface area contributed by atoms with Crippen LogP contribution in [0.25, 0.3) is 0 Å².